The van der Waals surface area contributed by atoms with Gasteiger partial charge in [0.2, 0.25) is 5.91 Å². The molecule has 0 radical (unpaired) electrons. The predicted octanol–water partition coefficient (Wildman–Crippen LogP) is 1.61. The highest BCUT2D eigenvalue weighted by Crippen LogP contribution is 2.18. The van der Waals surface area contributed by atoms with E-state index in [2.05, 4.69) is 10.4 Å². The van der Waals surface area contributed by atoms with Crippen molar-refractivity contribution in [3.05, 3.63) is 53.3 Å². The average molecular weight is 272 g/mol. The van der Waals surface area contributed by atoms with Crippen LogP contribution < -0.4 is 11.1 Å². The van der Waals surface area contributed by atoms with E-state index in [1.807, 2.05) is 38.1 Å². The predicted molar refractivity (Wildman–Crippen MR) is 77.9 cm³/mol. The van der Waals surface area contributed by atoms with Crippen molar-refractivity contribution >= 4 is 5.91 Å². The summed E-state index contributed by atoms with van der Waals surface area (Å²) >= 11 is 0. The van der Waals surface area contributed by atoms with Crippen LogP contribution in [-0.4, -0.2) is 15.7 Å². The van der Waals surface area contributed by atoms with Crippen LogP contribution in [0.25, 0.3) is 0 Å². The maximum Gasteiger partial charge on any atom is 0.242 e. The lowest BCUT2D eigenvalue weighted by molar-refractivity contribution is -0.123. The molecule has 1 amide bonds. The molecule has 106 valence electrons. The van der Waals surface area contributed by atoms with Gasteiger partial charge in [-0.1, -0.05) is 24.3 Å². The van der Waals surface area contributed by atoms with Crippen LogP contribution in [0.3, 0.4) is 0 Å². The Morgan fingerprint density at radius 2 is 2.10 bits per heavy atom. The zero-order valence-electron chi connectivity index (χ0n) is 12.0. The number of carbonyl (C=O) groups excluding carboxylic acids is 1. The highest BCUT2D eigenvalue weighted by Gasteiger charge is 2.20. The molecule has 2 aromatic rings. The number of amides is 1. The summed E-state index contributed by atoms with van der Waals surface area (Å²) in [4.78, 5) is 12.2. The first-order chi connectivity index (χ1) is 9.49. The molecule has 1 heterocycles. The van der Waals surface area contributed by atoms with Gasteiger partial charge >= 0.3 is 0 Å². The van der Waals surface area contributed by atoms with Crippen LogP contribution >= 0.6 is 0 Å². The van der Waals surface area contributed by atoms with Crippen molar-refractivity contribution in [2.75, 3.05) is 0 Å². The summed E-state index contributed by atoms with van der Waals surface area (Å²) < 4.78 is 1.63. The van der Waals surface area contributed by atoms with Crippen LogP contribution in [0.4, 0.5) is 0 Å². The lowest BCUT2D eigenvalue weighted by atomic mass is 10.0. The molecule has 0 fully saturated rings. The number of hydrogen-bond donors (Lipinski definition) is 2. The van der Waals surface area contributed by atoms with Crippen LogP contribution in [0.2, 0.25) is 0 Å². The summed E-state index contributed by atoms with van der Waals surface area (Å²) in [6, 6.07) is 7.21. The van der Waals surface area contributed by atoms with Crippen LogP contribution in [0, 0.1) is 6.92 Å². The average Bonchev–Trinajstić information content (AvgIpc) is 2.84. The third-order valence-electron chi connectivity index (χ3n) is 3.38. The van der Waals surface area contributed by atoms with E-state index in [1.165, 1.54) is 0 Å². The lowest BCUT2D eigenvalue weighted by Crippen LogP contribution is -2.35. The Bertz CT molecular complexity index is 605. The topological polar surface area (TPSA) is 72.9 Å². The van der Waals surface area contributed by atoms with E-state index < -0.39 is 6.04 Å². The minimum absolute atomic E-state index is 0.0774. The van der Waals surface area contributed by atoms with Crippen molar-refractivity contribution < 1.29 is 4.79 Å². The number of nitrogens with one attached hydrogen (secondary N) is 1. The van der Waals surface area contributed by atoms with E-state index in [-0.39, 0.29) is 11.9 Å². The Labute approximate surface area is 118 Å². The Hall–Kier alpha value is -2.14. The number of aryl methyl sites for hydroxylation is 2. The second kappa shape index (κ2) is 5.88. The summed E-state index contributed by atoms with van der Waals surface area (Å²) in [5, 5.41) is 6.97. The van der Waals surface area contributed by atoms with E-state index >= 15 is 0 Å². The van der Waals surface area contributed by atoms with Crippen molar-refractivity contribution in [2.24, 2.45) is 12.8 Å². The van der Waals surface area contributed by atoms with Crippen molar-refractivity contribution in [2.45, 2.75) is 25.9 Å². The molecule has 0 aliphatic carbocycles. The highest BCUT2D eigenvalue weighted by molar-refractivity contribution is 5.83. The molecule has 1 aromatic carbocycles. The monoisotopic (exact) mass is 272 g/mol. The van der Waals surface area contributed by atoms with Gasteiger partial charge in [0.15, 0.2) is 0 Å². The second-order valence-electron chi connectivity index (χ2n) is 5.01. The van der Waals surface area contributed by atoms with E-state index in [0.29, 0.717) is 5.56 Å². The van der Waals surface area contributed by atoms with Crippen LogP contribution in [0.5, 0.6) is 0 Å². The second-order valence-corrected chi connectivity index (χ2v) is 5.01. The first kappa shape index (κ1) is 14.3. The van der Waals surface area contributed by atoms with E-state index in [9.17, 15) is 4.79 Å². The van der Waals surface area contributed by atoms with Crippen molar-refractivity contribution in [1.29, 1.82) is 0 Å². The minimum atomic E-state index is -0.699. The molecule has 20 heavy (non-hydrogen) atoms. The smallest absolute Gasteiger partial charge is 0.242 e. The molecular weight excluding hydrogens is 252 g/mol. The highest BCUT2D eigenvalue weighted by atomic mass is 16.2. The Morgan fingerprint density at radius 1 is 1.40 bits per heavy atom. The van der Waals surface area contributed by atoms with Crippen LogP contribution in [0.1, 0.15) is 35.7 Å². The largest absolute Gasteiger partial charge is 0.348 e. The van der Waals surface area contributed by atoms with E-state index in [4.69, 9.17) is 5.73 Å². The van der Waals surface area contributed by atoms with Gasteiger partial charge in [-0.15, -0.1) is 0 Å². The van der Waals surface area contributed by atoms with Gasteiger partial charge in [-0.3, -0.25) is 9.48 Å². The fourth-order valence-corrected chi connectivity index (χ4v) is 2.21. The zero-order valence-corrected chi connectivity index (χ0v) is 12.0. The quantitative estimate of drug-likeness (QED) is 0.888. The molecule has 0 saturated heterocycles. The van der Waals surface area contributed by atoms with Gasteiger partial charge in [0.1, 0.15) is 6.04 Å². The molecular formula is C15H20N4O. The summed E-state index contributed by atoms with van der Waals surface area (Å²) in [5.41, 5.74) is 8.91. The Balaban J connectivity index is 2.06. The number of aromatic nitrogens is 2. The number of carbonyl (C=O) groups is 1. The first-order valence-electron chi connectivity index (χ1n) is 6.59. The van der Waals surface area contributed by atoms with E-state index in [0.717, 1.165) is 11.1 Å². The fraction of sp³-hybridized carbons (Fsp3) is 0.333. The summed E-state index contributed by atoms with van der Waals surface area (Å²) in [7, 11) is 1.80. The fourth-order valence-electron chi connectivity index (χ4n) is 2.21. The number of benzene rings is 1. The summed E-state index contributed by atoms with van der Waals surface area (Å²) in [5.74, 6) is -0.200. The molecule has 0 aliphatic heterocycles. The SMILES string of the molecule is Cc1ccccc1[C@@H](C)NC(=O)C(N)c1cnn(C)c1. The molecule has 2 atom stereocenters. The zero-order chi connectivity index (χ0) is 14.7. The number of nitrogens with two attached hydrogens (primary N) is 1. The normalized spacial score (nSPS) is 13.8. The van der Waals surface area contributed by atoms with Crippen molar-refractivity contribution in [1.82, 2.24) is 15.1 Å². The number of hydrogen-bond acceptors (Lipinski definition) is 3. The third-order valence-corrected chi connectivity index (χ3v) is 3.38. The summed E-state index contributed by atoms with van der Waals surface area (Å²) in [6.07, 6.45) is 3.37. The van der Waals surface area contributed by atoms with Crippen LogP contribution in [0.15, 0.2) is 36.7 Å². The molecule has 5 heteroatoms. The van der Waals surface area contributed by atoms with Gasteiger partial charge < -0.3 is 11.1 Å². The van der Waals surface area contributed by atoms with Gasteiger partial charge in [-0.05, 0) is 25.0 Å². The molecule has 0 bridgehead atoms. The summed E-state index contributed by atoms with van der Waals surface area (Å²) in [6.45, 7) is 3.98. The van der Waals surface area contributed by atoms with Gasteiger partial charge in [-0.2, -0.15) is 5.10 Å². The number of nitrogens with zero attached hydrogens (tertiary/aromatic N) is 2. The maximum absolute atomic E-state index is 12.2. The van der Waals surface area contributed by atoms with Gasteiger partial charge in [0.05, 0.1) is 12.2 Å². The molecule has 2 rings (SSSR count). The van der Waals surface area contributed by atoms with Gasteiger partial charge in [0.25, 0.3) is 0 Å². The molecule has 1 unspecified atom stereocenters. The molecule has 1 aromatic heterocycles. The lowest BCUT2D eigenvalue weighted by Gasteiger charge is -2.18. The Kier molecular flexibility index (Phi) is 4.20. The van der Waals surface area contributed by atoms with Gasteiger partial charge in [0, 0.05) is 18.8 Å². The van der Waals surface area contributed by atoms with Crippen LogP contribution in [-0.2, 0) is 11.8 Å². The minimum Gasteiger partial charge on any atom is -0.348 e. The molecule has 0 aliphatic rings. The third kappa shape index (κ3) is 3.05. The molecule has 3 N–H and O–H groups in total. The standard InChI is InChI=1S/C15H20N4O/c1-10-6-4-5-7-13(10)11(2)18-15(20)14(16)12-8-17-19(3)9-12/h4-9,11,14H,16H2,1-3H3,(H,18,20)/t11-,14?/m1/s1. The van der Waals surface area contributed by atoms with Crippen molar-refractivity contribution in [3.8, 4) is 0 Å². The van der Waals surface area contributed by atoms with Crippen molar-refractivity contribution in [3.63, 3.8) is 0 Å². The maximum atomic E-state index is 12.2. The van der Waals surface area contributed by atoms with Gasteiger partial charge in [-0.25, -0.2) is 0 Å². The Morgan fingerprint density at radius 3 is 2.70 bits per heavy atom. The number of rotatable bonds is 4. The van der Waals surface area contributed by atoms with E-state index in [1.54, 1.807) is 24.1 Å². The molecule has 0 spiro atoms. The molecule has 0 saturated carbocycles. The first-order valence-corrected chi connectivity index (χ1v) is 6.59. The molecule has 5 nitrogen and oxygen atoms in total.